The summed E-state index contributed by atoms with van der Waals surface area (Å²) in [5.74, 6) is -0.580. The number of hydrogen-bond donors (Lipinski definition) is 3. The largest absolute Gasteiger partial charge is 0.376 e. The molecule has 0 bridgehead atoms. The van der Waals surface area contributed by atoms with E-state index in [2.05, 4.69) is 16.0 Å². The summed E-state index contributed by atoms with van der Waals surface area (Å²) >= 11 is 0. The van der Waals surface area contributed by atoms with E-state index in [0.717, 1.165) is 11.3 Å². The predicted octanol–water partition coefficient (Wildman–Crippen LogP) is 5.57. The zero-order valence-corrected chi connectivity index (χ0v) is 20.7. The van der Waals surface area contributed by atoms with Crippen molar-refractivity contribution in [2.24, 2.45) is 0 Å². The molecule has 0 heterocycles. The maximum Gasteiger partial charge on any atom is 0.258 e. The van der Waals surface area contributed by atoms with Crippen molar-refractivity contribution in [1.82, 2.24) is 0 Å². The van der Waals surface area contributed by atoms with Crippen molar-refractivity contribution in [1.29, 1.82) is 0 Å². The third-order valence-electron chi connectivity index (χ3n) is 5.72. The number of amides is 3. The summed E-state index contributed by atoms with van der Waals surface area (Å²) < 4.78 is 0. The van der Waals surface area contributed by atoms with E-state index in [0.29, 0.717) is 28.2 Å². The summed E-state index contributed by atoms with van der Waals surface area (Å²) in [6.45, 7) is 1.96. The third kappa shape index (κ3) is 6.82. The van der Waals surface area contributed by atoms with E-state index in [1.807, 2.05) is 55.5 Å². The maximum atomic E-state index is 12.9. The van der Waals surface area contributed by atoms with Crippen molar-refractivity contribution in [2.75, 3.05) is 34.4 Å². The zero-order chi connectivity index (χ0) is 26.2. The summed E-state index contributed by atoms with van der Waals surface area (Å²) in [4.78, 5) is 39.3. The topological polar surface area (TPSA) is 90.5 Å². The van der Waals surface area contributed by atoms with E-state index in [1.54, 1.807) is 66.5 Å². The Balaban J connectivity index is 1.29. The second-order valence-corrected chi connectivity index (χ2v) is 8.58. The van der Waals surface area contributed by atoms with Gasteiger partial charge in [0.25, 0.3) is 11.8 Å². The SMILES string of the molecule is Cc1cccc(C(=O)Nc2ccc(NC(=O)CNc3cccc(C(=O)N(C)c4ccccc4)c3)cc2)c1. The molecule has 7 nitrogen and oxygen atoms in total. The molecule has 0 aromatic heterocycles. The third-order valence-corrected chi connectivity index (χ3v) is 5.72. The van der Waals surface area contributed by atoms with Crippen LogP contribution in [-0.2, 0) is 4.79 Å². The van der Waals surface area contributed by atoms with Gasteiger partial charge in [0.15, 0.2) is 0 Å². The Kier molecular flexibility index (Phi) is 7.95. The molecular weight excluding hydrogens is 464 g/mol. The highest BCUT2D eigenvalue weighted by Gasteiger charge is 2.14. The average molecular weight is 493 g/mol. The molecule has 0 saturated heterocycles. The summed E-state index contributed by atoms with van der Waals surface area (Å²) in [5.41, 5.74) is 4.80. The molecule has 0 spiro atoms. The lowest BCUT2D eigenvalue weighted by Gasteiger charge is -2.18. The zero-order valence-electron chi connectivity index (χ0n) is 20.7. The fraction of sp³-hybridized carbons (Fsp3) is 0.100. The number of nitrogens with zero attached hydrogens (tertiary/aromatic N) is 1. The van der Waals surface area contributed by atoms with Crippen molar-refractivity contribution in [3.8, 4) is 0 Å². The highest BCUT2D eigenvalue weighted by atomic mass is 16.2. The number of rotatable bonds is 8. The van der Waals surface area contributed by atoms with Gasteiger partial charge in [-0.05, 0) is 73.7 Å². The lowest BCUT2D eigenvalue weighted by atomic mass is 10.1. The molecule has 4 rings (SSSR count). The molecule has 0 aliphatic rings. The molecule has 0 saturated carbocycles. The molecule has 0 aliphatic carbocycles. The fourth-order valence-electron chi connectivity index (χ4n) is 3.74. The van der Waals surface area contributed by atoms with Gasteiger partial charge in [0.2, 0.25) is 5.91 Å². The Morgan fingerprint density at radius 3 is 2.03 bits per heavy atom. The summed E-state index contributed by atoms with van der Waals surface area (Å²) in [7, 11) is 1.73. The first-order valence-corrected chi connectivity index (χ1v) is 11.8. The highest BCUT2D eigenvalue weighted by molar-refractivity contribution is 6.06. The number of hydrogen-bond acceptors (Lipinski definition) is 4. The van der Waals surface area contributed by atoms with Crippen LogP contribution in [0.5, 0.6) is 0 Å². The van der Waals surface area contributed by atoms with E-state index >= 15 is 0 Å². The first-order chi connectivity index (χ1) is 17.9. The Bertz CT molecular complexity index is 1400. The minimum absolute atomic E-state index is 0.0258. The molecule has 3 amide bonds. The van der Waals surface area contributed by atoms with E-state index in [9.17, 15) is 14.4 Å². The summed E-state index contributed by atoms with van der Waals surface area (Å²) in [6, 6.07) is 30.7. The monoisotopic (exact) mass is 492 g/mol. The normalized spacial score (nSPS) is 10.3. The van der Waals surface area contributed by atoms with Crippen LogP contribution in [0.15, 0.2) is 103 Å². The van der Waals surface area contributed by atoms with Crippen molar-refractivity contribution < 1.29 is 14.4 Å². The molecule has 4 aromatic rings. The Hall–Kier alpha value is -4.91. The number of benzene rings is 4. The molecule has 0 atom stereocenters. The second-order valence-electron chi connectivity index (χ2n) is 8.58. The molecule has 0 fully saturated rings. The Morgan fingerprint density at radius 2 is 1.32 bits per heavy atom. The van der Waals surface area contributed by atoms with Crippen LogP contribution in [0.1, 0.15) is 26.3 Å². The predicted molar refractivity (Wildman–Crippen MR) is 148 cm³/mol. The number of para-hydroxylation sites is 1. The van der Waals surface area contributed by atoms with Gasteiger partial charge in [-0.25, -0.2) is 0 Å². The lowest BCUT2D eigenvalue weighted by Crippen LogP contribution is -2.26. The number of carbonyl (C=O) groups is 3. The fourth-order valence-corrected chi connectivity index (χ4v) is 3.74. The number of nitrogens with one attached hydrogen (secondary N) is 3. The van der Waals surface area contributed by atoms with Crippen molar-refractivity contribution in [2.45, 2.75) is 6.92 Å². The molecular formula is C30H28N4O3. The van der Waals surface area contributed by atoms with E-state index in [-0.39, 0.29) is 24.3 Å². The molecule has 186 valence electrons. The second kappa shape index (κ2) is 11.7. The molecule has 37 heavy (non-hydrogen) atoms. The Morgan fingerprint density at radius 1 is 0.676 bits per heavy atom. The molecule has 0 unspecified atom stereocenters. The van der Waals surface area contributed by atoms with E-state index in [1.165, 1.54) is 0 Å². The van der Waals surface area contributed by atoms with Gasteiger partial charge in [0.1, 0.15) is 0 Å². The number of aryl methyl sites for hydroxylation is 1. The average Bonchev–Trinajstić information content (AvgIpc) is 2.93. The van der Waals surface area contributed by atoms with Gasteiger partial charge in [-0.15, -0.1) is 0 Å². The van der Waals surface area contributed by atoms with Gasteiger partial charge in [-0.3, -0.25) is 14.4 Å². The first-order valence-electron chi connectivity index (χ1n) is 11.8. The van der Waals surface area contributed by atoms with Gasteiger partial charge in [-0.2, -0.15) is 0 Å². The van der Waals surface area contributed by atoms with Crippen LogP contribution >= 0.6 is 0 Å². The molecule has 3 N–H and O–H groups in total. The van der Waals surface area contributed by atoms with Crippen molar-refractivity contribution in [3.63, 3.8) is 0 Å². The van der Waals surface area contributed by atoms with E-state index < -0.39 is 0 Å². The van der Waals surface area contributed by atoms with Crippen LogP contribution < -0.4 is 20.9 Å². The maximum absolute atomic E-state index is 12.9. The lowest BCUT2D eigenvalue weighted by molar-refractivity contribution is -0.114. The minimum atomic E-state index is -0.241. The van der Waals surface area contributed by atoms with Crippen LogP contribution in [0.3, 0.4) is 0 Å². The Labute approximate surface area is 216 Å². The van der Waals surface area contributed by atoms with Crippen molar-refractivity contribution >= 4 is 40.5 Å². The van der Waals surface area contributed by atoms with Crippen LogP contribution in [0.4, 0.5) is 22.7 Å². The summed E-state index contributed by atoms with van der Waals surface area (Å²) in [5, 5.41) is 8.73. The smallest absolute Gasteiger partial charge is 0.258 e. The van der Waals surface area contributed by atoms with Crippen molar-refractivity contribution in [3.05, 3.63) is 120 Å². The molecule has 4 aromatic carbocycles. The minimum Gasteiger partial charge on any atom is -0.376 e. The van der Waals surface area contributed by atoms with Gasteiger partial charge >= 0.3 is 0 Å². The quantitative estimate of drug-likeness (QED) is 0.300. The van der Waals surface area contributed by atoms with Gasteiger partial charge in [-0.1, -0.05) is 42.0 Å². The van der Waals surface area contributed by atoms with Crippen LogP contribution in [0, 0.1) is 6.92 Å². The van der Waals surface area contributed by atoms with Gasteiger partial charge in [0, 0.05) is 40.9 Å². The van der Waals surface area contributed by atoms with Gasteiger partial charge in [0.05, 0.1) is 6.54 Å². The van der Waals surface area contributed by atoms with Gasteiger partial charge < -0.3 is 20.9 Å². The first kappa shape index (κ1) is 25.2. The van der Waals surface area contributed by atoms with Crippen LogP contribution in [0.2, 0.25) is 0 Å². The summed E-state index contributed by atoms with van der Waals surface area (Å²) in [6.07, 6.45) is 0. The molecule has 0 aliphatic heterocycles. The van der Waals surface area contributed by atoms with Crippen LogP contribution in [0.25, 0.3) is 0 Å². The highest BCUT2D eigenvalue weighted by Crippen LogP contribution is 2.18. The van der Waals surface area contributed by atoms with E-state index in [4.69, 9.17) is 0 Å². The number of anilines is 4. The standard InChI is InChI=1S/C30H28N4O3/c1-21-8-6-9-22(18-21)29(36)33-25-16-14-24(15-17-25)32-28(35)20-31-26-11-7-10-23(19-26)30(37)34(2)27-12-4-3-5-13-27/h3-19,31H,20H2,1-2H3,(H,32,35)(H,33,36). The molecule has 7 heteroatoms. The molecule has 0 radical (unpaired) electrons. The van der Waals surface area contributed by atoms with Crippen LogP contribution in [-0.4, -0.2) is 31.3 Å². The number of carbonyl (C=O) groups excluding carboxylic acids is 3.